The first-order valence-electron chi connectivity index (χ1n) is 8.36. The van der Waals surface area contributed by atoms with Crippen molar-refractivity contribution in [2.45, 2.75) is 25.7 Å². The minimum atomic E-state index is 0.140. The molecule has 2 fully saturated rings. The minimum absolute atomic E-state index is 0.140. The summed E-state index contributed by atoms with van der Waals surface area (Å²) in [6.07, 6.45) is 7.32. The van der Waals surface area contributed by atoms with Gasteiger partial charge >= 0.3 is 0 Å². The quantitative estimate of drug-likeness (QED) is 0.888. The number of pyridine rings is 1. The number of nitrogens with one attached hydrogen (secondary N) is 1. The molecule has 0 saturated carbocycles. The smallest absolute Gasteiger partial charge is 0.228 e. The Kier molecular flexibility index (Phi) is 4.19. The molecule has 0 unspecified atom stereocenters. The van der Waals surface area contributed by atoms with E-state index in [1.54, 1.807) is 16.7 Å². The normalized spacial score (nSPS) is 20.2. The Labute approximate surface area is 150 Å². The molecule has 0 aliphatic carbocycles. The van der Waals surface area contributed by atoms with E-state index >= 15 is 0 Å². The van der Waals surface area contributed by atoms with Crippen molar-refractivity contribution in [3.63, 3.8) is 0 Å². The zero-order chi connectivity index (χ0) is 16.7. The molecule has 2 aromatic rings. The van der Waals surface area contributed by atoms with Gasteiger partial charge in [-0.05, 0) is 37.3 Å². The van der Waals surface area contributed by atoms with Crippen LogP contribution in [-0.2, 0) is 11.2 Å². The highest BCUT2D eigenvalue weighted by atomic mass is 35.5. The summed E-state index contributed by atoms with van der Waals surface area (Å²) in [4.78, 5) is 19.0. The van der Waals surface area contributed by atoms with Gasteiger partial charge in [0.05, 0.1) is 22.2 Å². The van der Waals surface area contributed by atoms with Crippen molar-refractivity contribution in [2.75, 3.05) is 26.2 Å². The largest absolute Gasteiger partial charge is 0.342 e. The molecule has 2 aliphatic heterocycles. The van der Waals surface area contributed by atoms with Crippen molar-refractivity contribution in [1.82, 2.24) is 19.6 Å². The number of piperidine rings is 1. The van der Waals surface area contributed by atoms with Gasteiger partial charge in [0, 0.05) is 32.0 Å². The molecule has 2 saturated heterocycles. The summed E-state index contributed by atoms with van der Waals surface area (Å²) in [6.45, 7) is 3.90. The van der Waals surface area contributed by atoms with E-state index < -0.39 is 0 Å². The molecule has 0 atom stereocenters. The first kappa shape index (κ1) is 16.2. The molecule has 4 rings (SSSR count). The molecule has 1 spiro atoms. The van der Waals surface area contributed by atoms with Crippen LogP contribution in [0.15, 0.2) is 18.5 Å². The van der Waals surface area contributed by atoms with Crippen LogP contribution in [0.5, 0.6) is 0 Å². The summed E-state index contributed by atoms with van der Waals surface area (Å²) in [5, 5.41) is 4.50. The lowest BCUT2D eigenvalue weighted by atomic mass is 9.78. The fourth-order valence-electron chi connectivity index (χ4n) is 3.88. The summed E-state index contributed by atoms with van der Waals surface area (Å²) >= 11 is 12.2. The number of likely N-dealkylation sites (tertiary alicyclic amines) is 1. The number of amides is 1. The Bertz CT molecular complexity index is 772. The van der Waals surface area contributed by atoms with Crippen LogP contribution >= 0.6 is 23.2 Å². The predicted molar refractivity (Wildman–Crippen MR) is 94.6 cm³/mol. The van der Waals surface area contributed by atoms with Gasteiger partial charge in [0.1, 0.15) is 0 Å². The second-order valence-electron chi connectivity index (χ2n) is 6.95. The summed E-state index contributed by atoms with van der Waals surface area (Å²) in [6, 6.07) is 1.66. The summed E-state index contributed by atoms with van der Waals surface area (Å²) in [5.41, 5.74) is 1.79. The number of fused-ring (bicyclic) bond motifs is 1. The summed E-state index contributed by atoms with van der Waals surface area (Å²) < 4.78 is 1.78. The SMILES string of the molecule is O=C(Cc1cn2cc(Cl)cc(Cl)c2n1)N1CCC2(CCNC2)CC1. The first-order valence-corrected chi connectivity index (χ1v) is 9.11. The summed E-state index contributed by atoms with van der Waals surface area (Å²) in [7, 11) is 0. The van der Waals surface area contributed by atoms with Crippen molar-refractivity contribution >= 4 is 34.8 Å². The van der Waals surface area contributed by atoms with Crippen molar-refractivity contribution < 1.29 is 4.79 Å². The van der Waals surface area contributed by atoms with Crippen molar-refractivity contribution in [2.24, 2.45) is 5.41 Å². The zero-order valence-electron chi connectivity index (χ0n) is 13.4. The molecule has 24 heavy (non-hydrogen) atoms. The van der Waals surface area contributed by atoms with Gasteiger partial charge in [0.15, 0.2) is 5.65 Å². The standard InChI is InChI=1S/C17H20Cl2N4O/c18-12-7-14(19)16-21-13(10-23(16)9-12)8-15(24)22-5-2-17(3-6-22)1-4-20-11-17/h7,9-10,20H,1-6,8,11H2. The third-order valence-corrected chi connectivity index (χ3v) is 5.85. The number of hydrogen-bond donors (Lipinski definition) is 1. The fraction of sp³-hybridized carbons (Fsp3) is 0.529. The molecular formula is C17H20Cl2N4O. The van der Waals surface area contributed by atoms with Gasteiger partial charge in [-0.25, -0.2) is 4.98 Å². The molecule has 0 radical (unpaired) electrons. The maximum absolute atomic E-state index is 12.6. The van der Waals surface area contributed by atoms with Gasteiger partial charge in [-0.2, -0.15) is 0 Å². The summed E-state index contributed by atoms with van der Waals surface area (Å²) in [5.74, 6) is 0.140. The number of halogens is 2. The predicted octanol–water partition coefficient (Wildman–Crippen LogP) is 2.79. The fourth-order valence-corrected chi connectivity index (χ4v) is 4.41. The third kappa shape index (κ3) is 3.01. The average Bonchev–Trinajstić information content (AvgIpc) is 3.15. The highest BCUT2D eigenvalue weighted by molar-refractivity contribution is 6.36. The third-order valence-electron chi connectivity index (χ3n) is 5.36. The molecule has 7 heteroatoms. The van der Waals surface area contributed by atoms with Crippen molar-refractivity contribution in [3.05, 3.63) is 34.2 Å². The molecule has 2 aromatic heterocycles. The lowest BCUT2D eigenvalue weighted by Crippen LogP contribution is -2.44. The van der Waals surface area contributed by atoms with Crippen molar-refractivity contribution in [3.8, 4) is 0 Å². The first-order chi connectivity index (χ1) is 11.5. The molecule has 128 valence electrons. The van der Waals surface area contributed by atoms with Crippen LogP contribution in [0, 0.1) is 5.41 Å². The number of carbonyl (C=O) groups is 1. The second-order valence-corrected chi connectivity index (χ2v) is 7.80. The van der Waals surface area contributed by atoms with Crippen LogP contribution in [0.3, 0.4) is 0 Å². The number of hydrogen-bond acceptors (Lipinski definition) is 3. The molecule has 1 N–H and O–H groups in total. The highest BCUT2D eigenvalue weighted by Crippen LogP contribution is 2.37. The highest BCUT2D eigenvalue weighted by Gasteiger charge is 2.38. The minimum Gasteiger partial charge on any atom is -0.342 e. The van der Waals surface area contributed by atoms with E-state index in [0.29, 0.717) is 27.5 Å². The number of aromatic nitrogens is 2. The van der Waals surface area contributed by atoms with Gasteiger partial charge in [-0.3, -0.25) is 4.79 Å². The van der Waals surface area contributed by atoms with E-state index in [-0.39, 0.29) is 5.91 Å². The van der Waals surface area contributed by atoms with E-state index in [0.717, 1.165) is 44.7 Å². The Hall–Kier alpha value is -1.30. The molecular weight excluding hydrogens is 347 g/mol. The lowest BCUT2D eigenvalue weighted by Gasteiger charge is -2.38. The number of carbonyl (C=O) groups excluding carboxylic acids is 1. The monoisotopic (exact) mass is 366 g/mol. The van der Waals surface area contributed by atoms with Gasteiger partial charge in [-0.1, -0.05) is 23.2 Å². The van der Waals surface area contributed by atoms with Gasteiger partial charge in [-0.15, -0.1) is 0 Å². The average molecular weight is 367 g/mol. The molecule has 1 amide bonds. The molecule has 0 aromatic carbocycles. The Morgan fingerprint density at radius 2 is 2.04 bits per heavy atom. The van der Waals surface area contributed by atoms with Crippen LogP contribution in [0.1, 0.15) is 25.0 Å². The molecule has 2 aliphatic rings. The Morgan fingerprint density at radius 3 is 2.75 bits per heavy atom. The Balaban J connectivity index is 1.44. The Morgan fingerprint density at radius 1 is 1.25 bits per heavy atom. The van der Waals surface area contributed by atoms with Gasteiger partial charge in [0.2, 0.25) is 5.91 Å². The number of imidazole rings is 1. The topological polar surface area (TPSA) is 49.6 Å². The molecule has 4 heterocycles. The zero-order valence-corrected chi connectivity index (χ0v) is 14.9. The van der Waals surface area contributed by atoms with Gasteiger partial charge < -0.3 is 14.6 Å². The molecule has 5 nitrogen and oxygen atoms in total. The molecule has 0 bridgehead atoms. The number of nitrogens with zero attached hydrogens (tertiary/aromatic N) is 3. The van der Waals surface area contributed by atoms with E-state index in [4.69, 9.17) is 23.2 Å². The van der Waals surface area contributed by atoms with E-state index in [2.05, 4.69) is 10.3 Å². The lowest BCUT2D eigenvalue weighted by molar-refractivity contribution is -0.132. The van der Waals surface area contributed by atoms with E-state index in [1.165, 1.54) is 6.42 Å². The maximum atomic E-state index is 12.6. The van der Waals surface area contributed by atoms with Crippen molar-refractivity contribution in [1.29, 1.82) is 0 Å². The van der Waals surface area contributed by atoms with E-state index in [9.17, 15) is 4.79 Å². The van der Waals surface area contributed by atoms with Crippen LogP contribution in [0.4, 0.5) is 0 Å². The number of rotatable bonds is 2. The van der Waals surface area contributed by atoms with Crippen LogP contribution in [-0.4, -0.2) is 46.4 Å². The maximum Gasteiger partial charge on any atom is 0.228 e. The van der Waals surface area contributed by atoms with Crippen LogP contribution in [0.2, 0.25) is 10.0 Å². The van der Waals surface area contributed by atoms with Crippen LogP contribution in [0.25, 0.3) is 5.65 Å². The van der Waals surface area contributed by atoms with E-state index in [1.807, 2.05) is 11.1 Å². The van der Waals surface area contributed by atoms with Gasteiger partial charge in [0.25, 0.3) is 0 Å². The van der Waals surface area contributed by atoms with Crippen LogP contribution < -0.4 is 5.32 Å². The second kappa shape index (κ2) is 6.21.